The van der Waals surface area contributed by atoms with Crippen LogP contribution in [0.15, 0.2) is 0 Å². The van der Waals surface area contributed by atoms with Crippen LogP contribution in [0.1, 0.15) is 27.7 Å². The molecule has 0 aliphatic carbocycles. The van der Waals surface area contributed by atoms with Gasteiger partial charge >= 0.3 is 0 Å². The first-order valence-corrected chi connectivity index (χ1v) is 30.4. The number of ether oxygens (including phenoxy) is 15. The molecule has 0 saturated carbocycles. The van der Waals surface area contributed by atoms with Crippen LogP contribution in [0.25, 0.3) is 0 Å². The van der Waals surface area contributed by atoms with E-state index in [9.17, 15) is 122 Å². The second kappa shape index (κ2) is 33.6. The second-order valence-electron chi connectivity index (χ2n) is 24.2. The van der Waals surface area contributed by atoms with Gasteiger partial charge in [-0.15, -0.1) is 0 Å². The van der Waals surface area contributed by atoms with Crippen LogP contribution in [0.5, 0.6) is 0 Å². The first-order chi connectivity index (χ1) is 44.9. The van der Waals surface area contributed by atoms with Gasteiger partial charge in [0.15, 0.2) is 50.3 Å². The van der Waals surface area contributed by atoms with Crippen molar-refractivity contribution in [3.63, 3.8) is 0 Å². The van der Waals surface area contributed by atoms with Crippen molar-refractivity contribution in [2.75, 3.05) is 46.2 Å². The molecule has 8 aliphatic heterocycles. The normalized spacial score (nSPS) is 49.9. The van der Waals surface area contributed by atoms with Gasteiger partial charge in [-0.1, -0.05) is 0 Å². The summed E-state index contributed by atoms with van der Waals surface area (Å²) in [6.45, 7) is -2.80. The molecular weight excluding hydrogens is 1300 g/mol. The van der Waals surface area contributed by atoms with Gasteiger partial charge in [-0.3, -0.25) is 14.4 Å². The standard InChI is InChI=1S/C53H89N3O39/c1-12-26(66)33(73)38(78)51(83-12)93-43-25(56-15(4)64)46(80)84-21(9-61)42(43)92-48-24(55-14(3)63)32(72)40(19(7-59)87-48)91-53-45(95-50-36(76)27(67)16(65)10-81-50)44(30(70)22(89-53)11-82-49-37(77)34(74)29(69)18(6-58)86-49)94-52-39(79)35(75)41(20(8-60)88-52)90-47-23(54-13(2)62)31(71)28(68)17(5-57)85-47/h12,16-53,57-61,65-80H,5-11H2,1-4H3,(H,54,62)(H,55,63)(H,56,64)/t12-,16+,17+,18+,19+,20+,21+,22+,23+,24+,25+,26+,27-,28+,29+,30+,31+,32+,33+,34-,35+,36+,37-,38-,39-,40+,41+,42+,43+,44-,45-,46?,47-,48-,49-,50-,51-,52+,53-/m0/s1. The molecule has 8 heterocycles. The minimum Gasteiger partial charge on any atom is -0.394 e. The third-order valence-corrected chi connectivity index (χ3v) is 17.4. The molecule has 0 aromatic rings. The van der Waals surface area contributed by atoms with E-state index in [2.05, 4.69) is 16.0 Å². The lowest BCUT2D eigenvalue weighted by Gasteiger charge is -2.52. The summed E-state index contributed by atoms with van der Waals surface area (Å²) >= 11 is 0. The molecule has 8 fully saturated rings. The Kier molecular flexibility index (Phi) is 27.5. The first kappa shape index (κ1) is 77.7. The molecule has 95 heavy (non-hydrogen) atoms. The fourth-order valence-electron chi connectivity index (χ4n) is 12.2. The summed E-state index contributed by atoms with van der Waals surface area (Å²) in [6.07, 6.45) is -71.7. The van der Waals surface area contributed by atoms with Gasteiger partial charge in [0.25, 0.3) is 0 Å². The van der Waals surface area contributed by atoms with E-state index in [0.717, 1.165) is 20.8 Å². The molecular formula is C53H89N3O39. The van der Waals surface area contributed by atoms with Crippen molar-refractivity contribution in [3.05, 3.63) is 0 Å². The van der Waals surface area contributed by atoms with Crippen molar-refractivity contribution in [3.8, 4) is 0 Å². The average molecular weight is 1390 g/mol. The first-order valence-electron chi connectivity index (χ1n) is 30.4. The van der Waals surface area contributed by atoms with Crippen molar-refractivity contribution >= 4 is 17.7 Å². The molecule has 8 aliphatic rings. The van der Waals surface area contributed by atoms with Crippen LogP contribution in [-0.2, 0) is 85.4 Å². The number of aliphatic hydroxyl groups excluding tert-OH is 21. The highest BCUT2D eigenvalue weighted by Crippen LogP contribution is 2.40. The molecule has 550 valence electrons. The molecule has 0 aromatic heterocycles. The highest BCUT2D eigenvalue weighted by molar-refractivity contribution is 5.74. The molecule has 0 aromatic carbocycles. The van der Waals surface area contributed by atoms with Crippen LogP contribution in [0.2, 0.25) is 0 Å². The Hall–Kier alpha value is -3.03. The van der Waals surface area contributed by atoms with Gasteiger partial charge in [0.2, 0.25) is 17.7 Å². The van der Waals surface area contributed by atoms with Crippen LogP contribution >= 0.6 is 0 Å². The molecule has 1 unspecified atom stereocenters. The predicted molar refractivity (Wildman–Crippen MR) is 292 cm³/mol. The number of hydrogen-bond donors (Lipinski definition) is 24. The Morgan fingerprint density at radius 2 is 0.737 bits per heavy atom. The van der Waals surface area contributed by atoms with Gasteiger partial charge in [0.05, 0.1) is 52.4 Å². The van der Waals surface area contributed by atoms with Crippen LogP contribution in [0.4, 0.5) is 0 Å². The zero-order valence-corrected chi connectivity index (χ0v) is 51.2. The number of carbonyl (C=O) groups is 3. The number of hydrogen-bond acceptors (Lipinski definition) is 39. The summed E-state index contributed by atoms with van der Waals surface area (Å²) in [7, 11) is 0. The summed E-state index contributed by atoms with van der Waals surface area (Å²) in [5.41, 5.74) is 0. The number of rotatable bonds is 23. The van der Waals surface area contributed by atoms with E-state index >= 15 is 0 Å². The van der Waals surface area contributed by atoms with E-state index in [1.54, 1.807) is 0 Å². The third-order valence-electron chi connectivity index (χ3n) is 17.4. The maximum absolute atomic E-state index is 13.2. The van der Waals surface area contributed by atoms with E-state index in [-0.39, 0.29) is 0 Å². The number of carbonyl (C=O) groups excluding carboxylic acids is 3. The van der Waals surface area contributed by atoms with Crippen molar-refractivity contribution in [1.29, 1.82) is 0 Å². The van der Waals surface area contributed by atoms with Crippen LogP contribution in [-0.4, -0.2) is 411 Å². The van der Waals surface area contributed by atoms with E-state index in [1.807, 2.05) is 0 Å². The fourth-order valence-corrected chi connectivity index (χ4v) is 12.2. The Balaban J connectivity index is 1.15. The lowest BCUT2D eigenvalue weighted by molar-refractivity contribution is -0.407. The zero-order valence-electron chi connectivity index (χ0n) is 51.2. The predicted octanol–water partition coefficient (Wildman–Crippen LogP) is -16.4. The maximum atomic E-state index is 13.2. The molecule has 8 saturated heterocycles. The number of amides is 3. The molecule has 42 heteroatoms. The van der Waals surface area contributed by atoms with Crippen LogP contribution < -0.4 is 16.0 Å². The molecule has 0 radical (unpaired) electrons. The Bertz CT molecular complexity index is 2440. The molecule has 3 amide bonds. The highest BCUT2D eigenvalue weighted by atomic mass is 16.8. The number of aliphatic hydroxyl groups is 21. The Morgan fingerprint density at radius 1 is 0.337 bits per heavy atom. The summed E-state index contributed by atoms with van der Waals surface area (Å²) in [5.74, 6) is -2.56. The zero-order chi connectivity index (χ0) is 69.9. The fraction of sp³-hybridized carbons (Fsp3) is 0.943. The van der Waals surface area contributed by atoms with Gasteiger partial charge in [0, 0.05) is 20.8 Å². The van der Waals surface area contributed by atoms with E-state index < -0.39 is 303 Å². The van der Waals surface area contributed by atoms with Gasteiger partial charge in [-0.05, 0) is 6.92 Å². The van der Waals surface area contributed by atoms with E-state index in [1.165, 1.54) is 6.92 Å². The van der Waals surface area contributed by atoms with Crippen molar-refractivity contribution in [1.82, 2.24) is 16.0 Å². The van der Waals surface area contributed by atoms with Crippen LogP contribution in [0, 0.1) is 0 Å². The van der Waals surface area contributed by atoms with Gasteiger partial charge < -0.3 is 194 Å². The molecule has 39 atom stereocenters. The van der Waals surface area contributed by atoms with Crippen molar-refractivity contribution < 1.29 is 193 Å². The van der Waals surface area contributed by atoms with Gasteiger partial charge in [-0.25, -0.2) is 0 Å². The lowest BCUT2D eigenvalue weighted by atomic mass is 9.93. The molecule has 42 nitrogen and oxygen atoms in total. The maximum Gasteiger partial charge on any atom is 0.217 e. The Morgan fingerprint density at radius 3 is 1.32 bits per heavy atom. The SMILES string of the molecule is CC(=O)N[C@H]1[C@H](O[C@H]2[C@H](O[C@@H]3O[C@@H](C)[C@@H](O)[C@@H](O)[C@@H]3O)[C@@H](NC(C)=O)C(O)O[C@@H]2CO)O[C@H](CO)[C@@H](O[C@@H]2O[C@H](CO[C@H]3O[C@H](CO)[C@@H](O)[C@H](O)[C@@H]3O)[C@@H](O)[C@H](O[C@H]3O[C@H](CO)[C@@H](O[C@@H]4O[C@H](CO)[C@@H](O)[C@H](O)[C@H]4NC(C)=O)[C@H](O)[C@@H]3O)[C@@H]2O[C@@H]2OC[C@@H](O)[C@H](O)[C@H]2O)[C@@H]1O. The summed E-state index contributed by atoms with van der Waals surface area (Å²) in [5, 5.41) is 238. The van der Waals surface area contributed by atoms with Crippen molar-refractivity contribution in [2.45, 2.75) is 267 Å². The molecule has 0 bridgehead atoms. The topological polar surface area (TPSA) is 651 Å². The highest BCUT2D eigenvalue weighted by Gasteiger charge is 2.60. The Labute approximate surface area is 538 Å². The smallest absolute Gasteiger partial charge is 0.217 e. The quantitative estimate of drug-likeness (QED) is 0.0452. The molecule has 24 N–H and O–H groups in total. The monoisotopic (exact) mass is 1390 g/mol. The summed E-state index contributed by atoms with van der Waals surface area (Å²) < 4.78 is 89.1. The second-order valence-corrected chi connectivity index (χ2v) is 24.2. The summed E-state index contributed by atoms with van der Waals surface area (Å²) in [6, 6.07) is -5.32. The minimum absolute atomic E-state index is 0.774. The molecule has 8 rings (SSSR count). The minimum atomic E-state index is -2.41. The average Bonchev–Trinajstić information content (AvgIpc) is 0.769. The largest absolute Gasteiger partial charge is 0.394 e. The molecule has 0 spiro atoms. The van der Waals surface area contributed by atoms with Crippen molar-refractivity contribution in [2.24, 2.45) is 0 Å². The van der Waals surface area contributed by atoms with Crippen LogP contribution in [0.3, 0.4) is 0 Å². The summed E-state index contributed by atoms with van der Waals surface area (Å²) in [4.78, 5) is 38.0. The van der Waals surface area contributed by atoms with E-state index in [4.69, 9.17) is 71.1 Å². The van der Waals surface area contributed by atoms with E-state index in [0.29, 0.717) is 0 Å². The third kappa shape index (κ3) is 17.1. The number of nitrogens with one attached hydrogen (secondary N) is 3. The lowest BCUT2D eigenvalue weighted by Crippen LogP contribution is -2.71. The van der Waals surface area contributed by atoms with Gasteiger partial charge in [0.1, 0.15) is 183 Å². The van der Waals surface area contributed by atoms with Gasteiger partial charge in [-0.2, -0.15) is 0 Å².